The van der Waals surface area contributed by atoms with E-state index in [2.05, 4.69) is 15.5 Å². The van der Waals surface area contributed by atoms with Gasteiger partial charge in [-0.25, -0.2) is 4.39 Å². The highest BCUT2D eigenvalue weighted by atomic mass is 35.5. The van der Waals surface area contributed by atoms with E-state index in [1.807, 2.05) is 0 Å². The minimum atomic E-state index is -1.13. The van der Waals surface area contributed by atoms with Crippen molar-refractivity contribution < 1.29 is 14.0 Å². The molecule has 0 bridgehead atoms. The molecule has 1 fully saturated rings. The molecule has 1 aromatic heterocycles. The van der Waals surface area contributed by atoms with Crippen LogP contribution >= 0.6 is 11.6 Å². The van der Waals surface area contributed by atoms with Crippen molar-refractivity contribution in [3.8, 4) is 0 Å². The SMILES string of the molecule is OC1(c2nc(Cc3c(F)cccc3Cl)no2)CCNC1. The molecule has 106 valence electrons. The van der Waals surface area contributed by atoms with Crippen molar-refractivity contribution >= 4 is 11.6 Å². The van der Waals surface area contributed by atoms with Gasteiger partial charge in [0.25, 0.3) is 5.89 Å². The summed E-state index contributed by atoms with van der Waals surface area (Å²) in [7, 11) is 0. The molecule has 0 saturated carbocycles. The molecule has 3 rings (SSSR count). The average Bonchev–Trinajstić information content (AvgIpc) is 3.04. The summed E-state index contributed by atoms with van der Waals surface area (Å²) in [4.78, 5) is 4.15. The van der Waals surface area contributed by atoms with Gasteiger partial charge in [0.1, 0.15) is 5.82 Å². The van der Waals surface area contributed by atoms with Gasteiger partial charge < -0.3 is 14.9 Å². The molecule has 0 amide bonds. The summed E-state index contributed by atoms with van der Waals surface area (Å²) in [6.07, 6.45) is 0.633. The Labute approximate surface area is 119 Å². The van der Waals surface area contributed by atoms with Gasteiger partial charge in [0.15, 0.2) is 11.4 Å². The molecule has 2 N–H and O–H groups in total. The molecule has 1 unspecified atom stereocenters. The van der Waals surface area contributed by atoms with Gasteiger partial charge in [0, 0.05) is 23.6 Å². The number of hydrogen-bond donors (Lipinski definition) is 2. The van der Waals surface area contributed by atoms with Gasteiger partial charge in [-0.1, -0.05) is 22.8 Å². The van der Waals surface area contributed by atoms with E-state index in [9.17, 15) is 9.50 Å². The van der Waals surface area contributed by atoms with E-state index in [1.165, 1.54) is 12.1 Å². The third-order valence-electron chi connectivity index (χ3n) is 3.40. The second-order valence-corrected chi connectivity index (χ2v) is 5.26. The Balaban J connectivity index is 1.84. The monoisotopic (exact) mass is 297 g/mol. The molecule has 2 heterocycles. The van der Waals surface area contributed by atoms with Crippen LogP contribution in [0.1, 0.15) is 23.7 Å². The van der Waals surface area contributed by atoms with E-state index in [-0.39, 0.29) is 12.3 Å². The Morgan fingerprint density at radius 2 is 2.35 bits per heavy atom. The van der Waals surface area contributed by atoms with E-state index < -0.39 is 11.4 Å². The van der Waals surface area contributed by atoms with Gasteiger partial charge in [-0.05, 0) is 25.1 Å². The zero-order chi connectivity index (χ0) is 14.2. The van der Waals surface area contributed by atoms with Crippen LogP contribution in [0.5, 0.6) is 0 Å². The molecule has 20 heavy (non-hydrogen) atoms. The van der Waals surface area contributed by atoms with Crippen LogP contribution in [0, 0.1) is 5.82 Å². The van der Waals surface area contributed by atoms with E-state index in [4.69, 9.17) is 16.1 Å². The topological polar surface area (TPSA) is 71.2 Å². The molecule has 1 atom stereocenters. The Hall–Kier alpha value is -1.50. The molecule has 5 nitrogen and oxygen atoms in total. The lowest BCUT2D eigenvalue weighted by atomic mass is 10.0. The second kappa shape index (κ2) is 5.12. The van der Waals surface area contributed by atoms with Gasteiger partial charge in [0.05, 0.1) is 0 Å². The number of benzene rings is 1. The molecule has 1 aliphatic heterocycles. The Bertz CT molecular complexity index is 606. The van der Waals surface area contributed by atoms with Gasteiger partial charge in [-0.3, -0.25) is 0 Å². The van der Waals surface area contributed by atoms with Crippen LogP contribution in [-0.4, -0.2) is 28.3 Å². The highest BCUT2D eigenvalue weighted by Gasteiger charge is 2.38. The maximum Gasteiger partial charge on any atom is 0.259 e. The number of aromatic nitrogens is 2. The van der Waals surface area contributed by atoms with E-state index in [0.717, 1.165) is 0 Å². The highest BCUT2D eigenvalue weighted by molar-refractivity contribution is 6.31. The normalized spacial score (nSPS) is 22.4. The van der Waals surface area contributed by atoms with Crippen molar-refractivity contribution in [3.05, 3.63) is 46.3 Å². The van der Waals surface area contributed by atoms with Crippen LogP contribution in [-0.2, 0) is 12.0 Å². The Kier molecular flexibility index (Phi) is 3.45. The first-order chi connectivity index (χ1) is 9.58. The minimum absolute atomic E-state index is 0.124. The fourth-order valence-electron chi connectivity index (χ4n) is 2.24. The summed E-state index contributed by atoms with van der Waals surface area (Å²) in [6, 6.07) is 4.47. The quantitative estimate of drug-likeness (QED) is 0.901. The van der Waals surface area contributed by atoms with Crippen LogP contribution < -0.4 is 5.32 Å². The predicted octanol–water partition coefficient (Wildman–Crippen LogP) is 1.63. The van der Waals surface area contributed by atoms with E-state index in [1.54, 1.807) is 6.07 Å². The lowest BCUT2D eigenvalue weighted by Crippen LogP contribution is -2.28. The number of nitrogens with one attached hydrogen (secondary N) is 1. The number of rotatable bonds is 3. The summed E-state index contributed by atoms with van der Waals surface area (Å²) < 4.78 is 18.8. The van der Waals surface area contributed by atoms with Crippen molar-refractivity contribution in [3.63, 3.8) is 0 Å². The fourth-order valence-corrected chi connectivity index (χ4v) is 2.47. The molecule has 0 radical (unpaired) electrons. The smallest absolute Gasteiger partial charge is 0.259 e. The van der Waals surface area contributed by atoms with Crippen LogP contribution in [0.25, 0.3) is 0 Å². The van der Waals surface area contributed by atoms with Crippen LogP contribution in [0.4, 0.5) is 4.39 Å². The number of hydrogen-bond acceptors (Lipinski definition) is 5. The molecule has 1 aliphatic rings. The lowest BCUT2D eigenvalue weighted by molar-refractivity contribution is 0.0243. The van der Waals surface area contributed by atoms with Crippen molar-refractivity contribution in [2.75, 3.05) is 13.1 Å². The first-order valence-electron chi connectivity index (χ1n) is 6.27. The molecule has 1 aromatic carbocycles. The summed E-state index contributed by atoms with van der Waals surface area (Å²) in [5.41, 5.74) is -0.817. The fraction of sp³-hybridized carbons (Fsp3) is 0.385. The Morgan fingerprint density at radius 1 is 1.50 bits per heavy atom. The standard InChI is InChI=1S/C13H13ClFN3O2/c14-9-2-1-3-10(15)8(9)6-11-17-12(20-18-11)13(19)4-5-16-7-13/h1-3,16,19H,4-7H2. The maximum atomic E-state index is 13.7. The Morgan fingerprint density at radius 3 is 3.05 bits per heavy atom. The summed E-state index contributed by atoms with van der Waals surface area (Å²) >= 11 is 5.96. The second-order valence-electron chi connectivity index (χ2n) is 4.85. The largest absolute Gasteiger partial charge is 0.379 e. The number of nitrogens with zero attached hydrogens (tertiary/aromatic N) is 2. The molecule has 2 aromatic rings. The van der Waals surface area contributed by atoms with Gasteiger partial charge in [0.2, 0.25) is 0 Å². The highest BCUT2D eigenvalue weighted by Crippen LogP contribution is 2.27. The molecular weight excluding hydrogens is 285 g/mol. The predicted molar refractivity (Wildman–Crippen MR) is 69.9 cm³/mol. The van der Waals surface area contributed by atoms with Crippen molar-refractivity contribution in [2.45, 2.75) is 18.4 Å². The minimum Gasteiger partial charge on any atom is -0.379 e. The molecule has 0 aliphatic carbocycles. The first kappa shape index (κ1) is 13.5. The van der Waals surface area contributed by atoms with Crippen molar-refractivity contribution in [1.82, 2.24) is 15.5 Å². The number of aliphatic hydroxyl groups is 1. The average molecular weight is 298 g/mol. The third kappa shape index (κ3) is 2.42. The molecule has 0 spiro atoms. The van der Waals surface area contributed by atoms with Crippen LogP contribution in [0.3, 0.4) is 0 Å². The summed E-state index contributed by atoms with van der Waals surface area (Å²) in [6.45, 7) is 1.06. The van der Waals surface area contributed by atoms with Crippen LogP contribution in [0.15, 0.2) is 22.7 Å². The number of halogens is 2. The lowest BCUT2D eigenvalue weighted by Gasteiger charge is -2.14. The van der Waals surface area contributed by atoms with E-state index in [0.29, 0.717) is 35.9 Å². The van der Waals surface area contributed by atoms with Gasteiger partial charge in [-0.2, -0.15) is 4.98 Å². The maximum absolute atomic E-state index is 13.7. The number of β-amino-alcohol motifs (C(OH)–C–C–N with tert-alkyl or cyclic N) is 1. The van der Waals surface area contributed by atoms with Crippen molar-refractivity contribution in [1.29, 1.82) is 0 Å². The first-order valence-corrected chi connectivity index (χ1v) is 6.65. The summed E-state index contributed by atoms with van der Waals surface area (Å²) in [5.74, 6) is 0.0439. The van der Waals surface area contributed by atoms with E-state index >= 15 is 0 Å². The third-order valence-corrected chi connectivity index (χ3v) is 3.75. The zero-order valence-electron chi connectivity index (χ0n) is 10.6. The summed E-state index contributed by atoms with van der Waals surface area (Å²) in [5, 5.41) is 17.4. The van der Waals surface area contributed by atoms with Crippen LogP contribution in [0.2, 0.25) is 5.02 Å². The molecular formula is C13H13ClFN3O2. The van der Waals surface area contributed by atoms with Gasteiger partial charge in [-0.15, -0.1) is 0 Å². The zero-order valence-corrected chi connectivity index (χ0v) is 11.3. The van der Waals surface area contributed by atoms with Gasteiger partial charge >= 0.3 is 0 Å². The molecule has 7 heteroatoms. The van der Waals surface area contributed by atoms with Crippen molar-refractivity contribution in [2.24, 2.45) is 0 Å². The molecule has 1 saturated heterocycles.